The summed E-state index contributed by atoms with van der Waals surface area (Å²) in [6, 6.07) is 9.65. The normalized spacial score (nSPS) is 14.0. The maximum Gasteiger partial charge on any atom is 0.412 e. The number of nitrogens with zero attached hydrogens (tertiary/aromatic N) is 3. The second-order valence-corrected chi connectivity index (χ2v) is 8.83. The van der Waals surface area contributed by atoms with E-state index in [-0.39, 0.29) is 13.0 Å². The number of aromatic nitrogens is 1. The molecule has 0 unspecified atom stereocenters. The lowest BCUT2D eigenvalue weighted by atomic mass is 10.2. The predicted molar refractivity (Wildman–Crippen MR) is 127 cm³/mol. The molecule has 1 aliphatic heterocycles. The summed E-state index contributed by atoms with van der Waals surface area (Å²) in [7, 11) is 0. The van der Waals surface area contributed by atoms with E-state index < -0.39 is 17.7 Å². The molecule has 0 saturated carbocycles. The quantitative estimate of drug-likeness (QED) is 0.575. The number of carboxylic acids is 1. The summed E-state index contributed by atoms with van der Waals surface area (Å²) >= 11 is 0. The zero-order valence-electron chi connectivity index (χ0n) is 19.4. The zero-order chi connectivity index (χ0) is 23.8. The maximum atomic E-state index is 12.4. The number of carboxylic acid groups (broad SMARTS) is 1. The minimum Gasteiger partial charge on any atom is -0.491 e. The van der Waals surface area contributed by atoms with Gasteiger partial charge in [-0.1, -0.05) is 0 Å². The smallest absolute Gasteiger partial charge is 0.412 e. The van der Waals surface area contributed by atoms with Crippen molar-refractivity contribution in [3.8, 4) is 5.75 Å². The van der Waals surface area contributed by atoms with Crippen molar-refractivity contribution in [2.75, 3.05) is 47.9 Å². The number of amides is 1. The predicted octanol–water partition coefficient (Wildman–Crippen LogP) is 4.00. The molecule has 1 aromatic carbocycles. The zero-order valence-corrected chi connectivity index (χ0v) is 19.4. The Morgan fingerprint density at radius 1 is 1.03 bits per heavy atom. The first-order chi connectivity index (χ1) is 15.7. The summed E-state index contributed by atoms with van der Waals surface area (Å²) in [5, 5.41) is 11.6. The van der Waals surface area contributed by atoms with Crippen LogP contribution in [0.2, 0.25) is 0 Å². The number of hydrogen-bond donors (Lipinski definition) is 2. The highest BCUT2D eigenvalue weighted by Crippen LogP contribution is 2.31. The summed E-state index contributed by atoms with van der Waals surface area (Å²) in [6.07, 6.45) is 3.42. The molecule has 2 heterocycles. The highest BCUT2D eigenvalue weighted by molar-refractivity contribution is 5.88. The van der Waals surface area contributed by atoms with Crippen LogP contribution in [0.5, 0.6) is 5.75 Å². The topological polar surface area (TPSA) is 104 Å². The number of hydrogen-bond acceptors (Lipinski definition) is 7. The van der Waals surface area contributed by atoms with Crippen molar-refractivity contribution in [3.63, 3.8) is 0 Å². The van der Waals surface area contributed by atoms with Crippen molar-refractivity contribution in [3.05, 3.63) is 42.7 Å². The number of aliphatic carboxylic acids is 1. The van der Waals surface area contributed by atoms with E-state index in [0.717, 1.165) is 37.6 Å². The number of carbonyl (C=O) groups is 2. The average molecular weight is 457 g/mol. The molecule has 0 aliphatic carbocycles. The van der Waals surface area contributed by atoms with Crippen LogP contribution in [0, 0.1) is 0 Å². The largest absolute Gasteiger partial charge is 0.491 e. The van der Waals surface area contributed by atoms with E-state index >= 15 is 0 Å². The van der Waals surface area contributed by atoms with Gasteiger partial charge in [0.1, 0.15) is 11.4 Å². The Morgan fingerprint density at radius 2 is 1.67 bits per heavy atom. The Bertz CT molecular complexity index is 938. The number of nitrogens with one attached hydrogen (secondary N) is 1. The van der Waals surface area contributed by atoms with Crippen LogP contribution in [0.15, 0.2) is 42.7 Å². The lowest BCUT2D eigenvalue weighted by Crippen LogP contribution is -2.46. The minimum absolute atomic E-state index is 0.0225. The molecule has 1 aromatic heterocycles. The van der Waals surface area contributed by atoms with Gasteiger partial charge in [0, 0.05) is 56.4 Å². The molecule has 0 radical (unpaired) electrons. The third kappa shape index (κ3) is 7.55. The first-order valence-electron chi connectivity index (χ1n) is 11.1. The van der Waals surface area contributed by atoms with Crippen molar-refractivity contribution in [1.82, 2.24) is 4.98 Å². The maximum absolute atomic E-state index is 12.4. The number of pyridine rings is 1. The molecule has 2 N–H and O–H groups in total. The number of anilines is 3. The Kier molecular flexibility index (Phi) is 7.97. The van der Waals surface area contributed by atoms with Gasteiger partial charge in [-0.05, 0) is 57.5 Å². The average Bonchev–Trinajstić information content (AvgIpc) is 2.77. The van der Waals surface area contributed by atoms with E-state index in [0.29, 0.717) is 17.9 Å². The van der Waals surface area contributed by atoms with Gasteiger partial charge in [-0.3, -0.25) is 15.1 Å². The van der Waals surface area contributed by atoms with Gasteiger partial charge in [-0.25, -0.2) is 4.79 Å². The van der Waals surface area contributed by atoms with Crippen molar-refractivity contribution < 1.29 is 24.2 Å². The summed E-state index contributed by atoms with van der Waals surface area (Å²) in [5.74, 6) is -0.391. The molecule has 1 fully saturated rings. The van der Waals surface area contributed by atoms with Gasteiger partial charge in [0.2, 0.25) is 0 Å². The SMILES string of the molecule is CC(C)(C)OC(=O)Nc1cc(N2CCN(c3ccncc3)CC2)ccc1OCCCC(=O)O. The van der Waals surface area contributed by atoms with Gasteiger partial charge in [-0.2, -0.15) is 0 Å². The fourth-order valence-corrected chi connectivity index (χ4v) is 3.54. The highest BCUT2D eigenvalue weighted by atomic mass is 16.6. The number of rotatable bonds is 8. The van der Waals surface area contributed by atoms with Crippen LogP contribution < -0.4 is 19.9 Å². The van der Waals surface area contributed by atoms with Crippen molar-refractivity contribution in [2.24, 2.45) is 0 Å². The fraction of sp³-hybridized carbons (Fsp3) is 0.458. The van der Waals surface area contributed by atoms with Gasteiger partial charge in [-0.15, -0.1) is 0 Å². The Labute approximate surface area is 194 Å². The Morgan fingerprint density at radius 3 is 2.27 bits per heavy atom. The molecule has 0 bridgehead atoms. The molecule has 1 amide bonds. The van der Waals surface area contributed by atoms with Crippen LogP contribution in [0.3, 0.4) is 0 Å². The highest BCUT2D eigenvalue weighted by Gasteiger charge is 2.21. The number of ether oxygens (including phenoxy) is 2. The van der Waals surface area contributed by atoms with Crippen LogP contribution >= 0.6 is 0 Å². The first kappa shape index (κ1) is 24.2. The molecule has 1 aliphatic rings. The van der Waals surface area contributed by atoms with Crippen LogP contribution in [0.1, 0.15) is 33.6 Å². The van der Waals surface area contributed by atoms with Gasteiger partial charge < -0.3 is 24.4 Å². The molecular formula is C24H32N4O5. The summed E-state index contributed by atoms with van der Waals surface area (Å²) in [4.78, 5) is 31.8. The van der Waals surface area contributed by atoms with Crippen LogP contribution in [0.25, 0.3) is 0 Å². The molecule has 3 rings (SSSR count). The van der Waals surface area contributed by atoms with Gasteiger partial charge in [0.05, 0.1) is 12.3 Å². The molecule has 0 spiro atoms. The molecule has 178 valence electrons. The molecule has 33 heavy (non-hydrogen) atoms. The molecule has 1 saturated heterocycles. The fourth-order valence-electron chi connectivity index (χ4n) is 3.54. The number of carbonyl (C=O) groups excluding carboxylic acids is 1. The van der Waals surface area contributed by atoms with Crippen LogP contribution in [0.4, 0.5) is 21.9 Å². The number of benzene rings is 1. The third-order valence-electron chi connectivity index (χ3n) is 5.06. The van der Waals surface area contributed by atoms with Gasteiger partial charge in [0.25, 0.3) is 0 Å². The van der Waals surface area contributed by atoms with Crippen molar-refractivity contribution in [2.45, 2.75) is 39.2 Å². The van der Waals surface area contributed by atoms with Crippen molar-refractivity contribution >= 4 is 29.1 Å². The van der Waals surface area contributed by atoms with Gasteiger partial charge in [0.15, 0.2) is 0 Å². The molecule has 2 aromatic rings. The van der Waals surface area contributed by atoms with E-state index in [1.54, 1.807) is 39.2 Å². The third-order valence-corrected chi connectivity index (χ3v) is 5.06. The van der Waals surface area contributed by atoms with Crippen LogP contribution in [-0.4, -0.2) is 60.5 Å². The van der Waals surface area contributed by atoms with E-state index in [9.17, 15) is 9.59 Å². The second-order valence-electron chi connectivity index (χ2n) is 8.83. The Hall–Kier alpha value is -3.49. The van der Waals surface area contributed by atoms with E-state index in [2.05, 4.69) is 20.1 Å². The first-order valence-corrected chi connectivity index (χ1v) is 11.1. The molecule has 0 atom stereocenters. The van der Waals surface area contributed by atoms with Crippen molar-refractivity contribution in [1.29, 1.82) is 0 Å². The van der Waals surface area contributed by atoms with E-state index in [1.807, 2.05) is 24.3 Å². The van der Waals surface area contributed by atoms with E-state index in [4.69, 9.17) is 14.6 Å². The second kappa shape index (κ2) is 10.9. The minimum atomic E-state index is -0.869. The summed E-state index contributed by atoms with van der Waals surface area (Å²) in [6.45, 7) is 9.02. The summed E-state index contributed by atoms with van der Waals surface area (Å²) < 4.78 is 11.2. The lowest BCUT2D eigenvalue weighted by Gasteiger charge is -2.37. The standard InChI is InChI=1S/C24H32N4O5/c1-24(2,3)33-23(31)26-20-17-19(6-7-21(20)32-16-4-5-22(29)30)28-14-12-27(13-15-28)18-8-10-25-11-9-18/h6-11,17H,4-5,12-16H2,1-3H3,(H,26,31)(H,29,30). The monoisotopic (exact) mass is 456 g/mol. The molecular weight excluding hydrogens is 424 g/mol. The van der Waals surface area contributed by atoms with E-state index in [1.165, 1.54) is 0 Å². The Balaban J connectivity index is 1.70. The van der Waals surface area contributed by atoms with Gasteiger partial charge >= 0.3 is 12.1 Å². The molecule has 9 heteroatoms. The number of piperazine rings is 1. The van der Waals surface area contributed by atoms with Crippen LogP contribution in [-0.2, 0) is 9.53 Å². The lowest BCUT2D eigenvalue weighted by molar-refractivity contribution is -0.137. The summed E-state index contributed by atoms with van der Waals surface area (Å²) in [5.41, 5.74) is 1.98. The molecule has 9 nitrogen and oxygen atoms in total.